The van der Waals surface area contributed by atoms with E-state index in [2.05, 4.69) is 180 Å². The monoisotopic (exact) mass is 756 g/mol. The van der Waals surface area contributed by atoms with Gasteiger partial charge in [-0.3, -0.25) is 4.57 Å². The molecule has 0 radical (unpaired) electrons. The van der Waals surface area contributed by atoms with E-state index in [0.29, 0.717) is 5.82 Å². The predicted octanol–water partition coefficient (Wildman–Crippen LogP) is 14.3. The molecule has 12 aromatic rings. The summed E-state index contributed by atoms with van der Waals surface area (Å²) >= 11 is 1.85. The minimum absolute atomic E-state index is 0.685. The van der Waals surface area contributed by atoms with Crippen LogP contribution in [0, 0.1) is 0 Å². The molecule has 4 nitrogen and oxygen atoms in total. The Balaban J connectivity index is 1.06. The molecule has 0 bridgehead atoms. The quantitative estimate of drug-likeness (QED) is 0.164. The number of pyridine rings is 1. The van der Waals surface area contributed by atoms with Crippen LogP contribution in [0.25, 0.3) is 115 Å². The lowest BCUT2D eigenvalue weighted by Crippen LogP contribution is -2.02. The summed E-state index contributed by atoms with van der Waals surface area (Å²) in [4.78, 5) is 15.9. The maximum Gasteiger partial charge on any atom is 0.162 e. The van der Waals surface area contributed by atoms with E-state index in [1.165, 1.54) is 41.7 Å². The summed E-state index contributed by atoms with van der Waals surface area (Å²) in [5.41, 5.74) is 10.4. The second kappa shape index (κ2) is 13.1. The number of benzene rings is 8. The van der Waals surface area contributed by atoms with Crippen molar-refractivity contribution in [1.29, 1.82) is 0 Å². The van der Waals surface area contributed by atoms with Crippen molar-refractivity contribution in [3.63, 3.8) is 0 Å². The summed E-state index contributed by atoms with van der Waals surface area (Å²) < 4.78 is 4.85. The third kappa shape index (κ3) is 5.11. The Morgan fingerprint density at radius 3 is 1.74 bits per heavy atom. The molecule has 0 atom stereocenters. The number of para-hydroxylation sites is 3. The van der Waals surface area contributed by atoms with E-state index in [9.17, 15) is 0 Å². The molecule has 4 heterocycles. The molecule has 12 rings (SSSR count). The zero-order chi connectivity index (χ0) is 38.2. The summed E-state index contributed by atoms with van der Waals surface area (Å²) in [5, 5.41) is 8.56. The first-order valence-corrected chi connectivity index (χ1v) is 20.3. The number of hydrogen-bond acceptors (Lipinski definition) is 4. The third-order valence-corrected chi connectivity index (χ3v) is 12.6. The number of rotatable bonds is 5. The number of aromatic nitrogens is 4. The summed E-state index contributed by atoms with van der Waals surface area (Å²) in [6.45, 7) is 0. The standard InChI is InChI=1S/C53H32N4S/c1-3-14-35(15-4-1)51-42-30-31-47-50(40-20-9-12-25-46(40)58-47)49(42)41-22-13-21-37(52(41)56-51)33-26-28-34(29-27-33)43-32-48(55-53(54-43)36-16-5-2-6-17-36)57-44-23-10-7-18-38(44)39-19-8-11-24-45(39)57/h1-32H. The summed E-state index contributed by atoms with van der Waals surface area (Å²) in [5.74, 6) is 1.51. The summed E-state index contributed by atoms with van der Waals surface area (Å²) in [7, 11) is 0. The van der Waals surface area contributed by atoms with Gasteiger partial charge >= 0.3 is 0 Å². The van der Waals surface area contributed by atoms with Crippen LogP contribution in [-0.4, -0.2) is 19.5 Å². The number of nitrogens with zero attached hydrogens (tertiary/aromatic N) is 4. The number of fused-ring (bicyclic) bond motifs is 10. The highest BCUT2D eigenvalue weighted by atomic mass is 32.1. The van der Waals surface area contributed by atoms with Crippen LogP contribution in [0.3, 0.4) is 0 Å². The molecule has 0 N–H and O–H groups in total. The van der Waals surface area contributed by atoms with E-state index in [1.54, 1.807) is 0 Å². The molecule has 58 heavy (non-hydrogen) atoms. The van der Waals surface area contributed by atoms with Gasteiger partial charge in [-0.2, -0.15) is 0 Å². The van der Waals surface area contributed by atoms with Gasteiger partial charge in [-0.05, 0) is 29.8 Å². The fraction of sp³-hybridized carbons (Fsp3) is 0. The van der Waals surface area contributed by atoms with Gasteiger partial charge in [0.2, 0.25) is 0 Å². The van der Waals surface area contributed by atoms with Gasteiger partial charge in [0.05, 0.1) is 27.9 Å². The van der Waals surface area contributed by atoms with Crippen molar-refractivity contribution in [3.8, 4) is 50.8 Å². The Hall–Kier alpha value is -7.47. The highest BCUT2D eigenvalue weighted by molar-refractivity contribution is 7.26. The van der Waals surface area contributed by atoms with E-state index in [1.807, 2.05) is 29.5 Å². The average Bonchev–Trinajstić information content (AvgIpc) is 3.85. The lowest BCUT2D eigenvalue weighted by Gasteiger charge is -2.15. The van der Waals surface area contributed by atoms with Gasteiger partial charge in [0.15, 0.2) is 5.82 Å². The Morgan fingerprint density at radius 1 is 0.379 bits per heavy atom. The molecular weight excluding hydrogens is 725 g/mol. The van der Waals surface area contributed by atoms with E-state index < -0.39 is 0 Å². The molecular formula is C53H32N4S. The van der Waals surface area contributed by atoms with E-state index >= 15 is 0 Å². The first-order chi connectivity index (χ1) is 28.8. The highest BCUT2D eigenvalue weighted by Gasteiger charge is 2.20. The third-order valence-electron chi connectivity index (χ3n) is 11.4. The van der Waals surface area contributed by atoms with Gasteiger partial charge < -0.3 is 0 Å². The lowest BCUT2D eigenvalue weighted by atomic mass is 9.93. The van der Waals surface area contributed by atoms with Crippen molar-refractivity contribution in [2.45, 2.75) is 0 Å². The van der Waals surface area contributed by atoms with Gasteiger partial charge in [-0.25, -0.2) is 15.0 Å². The second-order valence-corrected chi connectivity index (χ2v) is 15.8. The smallest absolute Gasteiger partial charge is 0.162 e. The number of thiophene rings is 1. The minimum atomic E-state index is 0.685. The largest absolute Gasteiger partial charge is 0.294 e. The van der Waals surface area contributed by atoms with Gasteiger partial charge in [-0.15, -0.1) is 11.3 Å². The first-order valence-electron chi connectivity index (χ1n) is 19.5. The molecule has 0 aliphatic rings. The van der Waals surface area contributed by atoms with Crippen LogP contribution in [0.5, 0.6) is 0 Å². The molecule has 0 saturated heterocycles. The second-order valence-electron chi connectivity index (χ2n) is 14.7. The average molecular weight is 757 g/mol. The number of hydrogen-bond donors (Lipinski definition) is 0. The highest BCUT2D eigenvalue weighted by Crippen LogP contribution is 2.45. The molecule has 0 unspecified atom stereocenters. The molecule has 0 amide bonds. The van der Waals surface area contributed by atoms with Crippen LogP contribution >= 0.6 is 11.3 Å². The van der Waals surface area contributed by atoms with Gasteiger partial charge in [0.25, 0.3) is 0 Å². The van der Waals surface area contributed by atoms with E-state index in [0.717, 1.165) is 67.0 Å². The molecule has 270 valence electrons. The van der Waals surface area contributed by atoms with Crippen molar-refractivity contribution in [1.82, 2.24) is 19.5 Å². The van der Waals surface area contributed by atoms with Crippen molar-refractivity contribution in [2.24, 2.45) is 0 Å². The Kier molecular flexibility index (Phi) is 7.37. The minimum Gasteiger partial charge on any atom is -0.294 e. The fourth-order valence-electron chi connectivity index (χ4n) is 8.78. The van der Waals surface area contributed by atoms with Crippen LogP contribution in [-0.2, 0) is 0 Å². The van der Waals surface area contributed by atoms with Crippen LogP contribution in [0.2, 0.25) is 0 Å². The van der Waals surface area contributed by atoms with Crippen molar-refractivity contribution >= 4 is 75.0 Å². The summed E-state index contributed by atoms with van der Waals surface area (Å²) in [6.07, 6.45) is 0. The zero-order valence-electron chi connectivity index (χ0n) is 31.2. The van der Waals surface area contributed by atoms with Crippen molar-refractivity contribution in [3.05, 3.63) is 194 Å². The van der Waals surface area contributed by atoms with Crippen molar-refractivity contribution < 1.29 is 0 Å². The normalized spacial score (nSPS) is 11.8. The van der Waals surface area contributed by atoms with E-state index in [-0.39, 0.29) is 0 Å². The predicted molar refractivity (Wildman–Crippen MR) is 244 cm³/mol. The van der Waals surface area contributed by atoms with Crippen molar-refractivity contribution in [2.75, 3.05) is 0 Å². The van der Waals surface area contributed by atoms with Gasteiger partial charge in [0, 0.05) is 75.4 Å². The molecule has 0 spiro atoms. The topological polar surface area (TPSA) is 43.6 Å². The zero-order valence-corrected chi connectivity index (χ0v) is 32.0. The summed E-state index contributed by atoms with van der Waals surface area (Å²) in [6, 6.07) is 68.8. The maximum absolute atomic E-state index is 5.52. The Labute approximate surface area is 338 Å². The van der Waals surface area contributed by atoms with Gasteiger partial charge in [0.1, 0.15) is 5.82 Å². The first kappa shape index (κ1) is 32.7. The molecule has 0 saturated carbocycles. The van der Waals surface area contributed by atoms with E-state index in [4.69, 9.17) is 15.0 Å². The fourth-order valence-corrected chi connectivity index (χ4v) is 9.90. The molecule has 0 aliphatic carbocycles. The van der Waals surface area contributed by atoms with Gasteiger partial charge in [-0.1, -0.05) is 164 Å². The Bertz CT molecular complexity index is 3500. The van der Waals surface area contributed by atoms with Crippen LogP contribution in [0.1, 0.15) is 0 Å². The van der Waals surface area contributed by atoms with Crippen LogP contribution < -0.4 is 0 Å². The van der Waals surface area contributed by atoms with Crippen LogP contribution in [0.15, 0.2) is 194 Å². The molecule has 4 aromatic heterocycles. The molecule has 8 aromatic carbocycles. The molecule has 0 aliphatic heterocycles. The van der Waals surface area contributed by atoms with Crippen LogP contribution in [0.4, 0.5) is 0 Å². The Morgan fingerprint density at radius 2 is 1.00 bits per heavy atom. The molecule has 5 heteroatoms. The lowest BCUT2D eigenvalue weighted by molar-refractivity contribution is 1.05. The molecule has 0 fully saturated rings. The maximum atomic E-state index is 5.52. The SMILES string of the molecule is c1ccc(-c2nc(-c3ccc(-c4cccc5c4nc(-c4ccccc4)c4ccc6sc7ccccc7c6c45)cc3)cc(-n3c4ccccc4c4ccccc43)n2)cc1.